The summed E-state index contributed by atoms with van der Waals surface area (Å²) in [6.45, 7) is 2.11. The van der Waals surface area contributed by atoms with Crippen LogP contribution in [0.4, 0.5) is 5.69 Å². The molecule has 0 aliphatic carbocycles. The summed E-state index contributed by atoms with van der Waals surface area (Å²) < 4.78 is 31.1. The molecule has 0 aliphatic heterocycles. The van der Waals surface area contributed by atoms with E-state index in [0.717, 1.165) is 17.5 Å². The van der Waals surface area contributed by atoms with Crippen LogP contribution in [0.15, 0.2) is 78.0 Å². The van der Waals surface area contributed by atoms with E-state index < -0.39 is 16.1 Å². The van der Waals surface area contributed by atoms with Crippen molar-refractivity contribution in [1.82, 2.24) is 20.2 Å². The van der Waals surface area contributed by atoms with Gasteiger partial charge in [0.1, 0.15) is 6.33 Å². The molecule has 0 saturated carbocycles. The van der Waals surface area contributed by atoms with E-state index in [1.807, 2.05) is 31.2 Å². The van der Waals surface area contributed by atoms with Gasteiger partial charge in [-0.05, 0) is 77.7 Å². The number of tetrazole rings is 1. The molecule has 1 unspecified atom stereocenters. The Morgan fingerprint density at radius 2 is 1.72 bits per heavy atom. The summed E-state index contributed by atoms with van der Waals surface area (Å²) in [5.74, 6) is 0. The maximum Gasteiger partial charge on any atom is 0.264 e. The van der Waals surface area contributed by atoms with Crippen LogP contribution >= 0.6 is 23.2 Å². The summed E-state index contributed by atoms with van der Waals surface area (Å²) in [6.07, 6.45) is 3.01. The highest BCUT2D eigenvalue weighted by atomic mass is 35.5. The predicted octanol–water partition coefficient (Wildman–Crippen LogP) is 5.06. The topological polar surface area (TPSA) is 101 Å². The highest BCUT2D eigenvalue weighted by Gasteiger charge is 2.33. The molecule has 0 amide bonds. The van der Waals surface area contributed by atoms with Crippen LogP contribution in [0.3, 0.4) is 0 Å². The monoisotopic (exact) mass is 545 g/mol. The van der Waals surface area contributed by atoms with Crippen molar-refractivity contribution in [3.8, 4) is 0 Å². The van der Waals surface area contributed by atoms with Gasteiger partial charge in [-0.3, -0.25) is 4.31 Å². The molecule has 1 atom stereocenters. The summed E-state index contributed by atoms with van der Waals surface area (Å²) in [7, 11) is -4.07. The van der Waals surface area contributed by atoms with Crippen molar-refractivity contribution in [1.29, 1.82) is 0 Å². The minimum atomic E-state index is -4.07. The number of sulfonamides is 1. The van der Waals surface area contributed by atoms with E-state index in [4.69, 9.17) is 23.2 Å². The molecule has 4 rings (SSSR count). The number of hydrogen-bond donors (Lipinski definition) is 1. The number of aliphatic hydroxyl groups is 1. The fourth-order valence-electron chi connectivity index (χ4n) is 4.15. The van der Waals surface area contributed by atoms with Crippen molar-refractivity contribution in [3.63, 3.8) is 0 Å². The van der Waals surface area contributed by atoms with Gasteiger partial charge in [-0.1, -0.05) is 53.5 Å². The lowest BCUT2D eigenvalue weighted by Gasteiger charge is -2.33. The molecule has 1 heterocycles. The SMILES string of the molecule is CC(c1ccccc1CCCn1cnnn1)N(c1cc(Cl)ccc1CO)S(=O)(=O)c1ccc(Cl)cc1. The van der Waals surface area contributed by atoms with Crippen molar-refractivity contribution in [2.75, 3.05) is 4.31 Å². The fraction of sp³-hybridized carbons (Fsp3) is 0.240. The third kappa shape index (κ3) is 5.70. The minimum absolute atomic E-state index is 0.0822. The first-order valence-electron chi connectivity index (χ1n) is 11.3. The first kappa shape index (κ1) is 26.1. The Labute approximate surface area is 220 Å². The molecule has 1 N–H and O–H groups in total. The molecule has 3 aromatic carbocycles. The van der Waals surface area contributed by atoms with Gasteiger partial charge in [-0.15, -0.1) is 5.10 Å². The van der Waals surface area contributed by atoms with Gasteiger partial charge in [0.2, 0.25) is 0 Å². The first-order chi connectivity index (χ1) is 17.3. The average Bonchev–Trinajstić information content (AvgIpc) is 3.38. The Morgan fingerprint density at radius 3 is 2.42 bits per heavy atom. The molecule has 1 aromatic heterocycles. The van der Waals surface area contributed by atoms with E-state index in [2.05, 4.69) is 15.5 Å². The Hall–Kier alpha value is -2.98. The largest absolute Gasteiger partial charge is 0.392 e. The molecule has 0 bridgehead atoms. The van der Waals surface area contributed by atoms with Crippen molar-refractivity contribution >= 4 is 38.9 Å². The van der Waals surface area contributed by atoms with Crippen LogP contribution in [0.25, 0.3) is 0 Å². The maximum absolute atomic E-state index is 14.1. The zero-order chi connectivity index (χ0) is 25.7. The molecule has 0 aliphatic rings. The first-order valence-corrected chi connectivity index (χ1v) is 13.5. The maximum atomic E-state index is 14.1. The summed E-state index contributed by atoms with van der Waals surface area (Å²) >= 11 is 12.3. The average molecular weight is 546 g/mol. The second kappa shape index (κ2) is 11.4. The number of aryl methyl sites for hydroxylation is 2. The van der Waals surface area contributed by atoms with Crippen LogP contribution in [-0.4, -0.2) is 33.7 Å². The van der Waals surface area contributed by atoms with E-state index in [1.165, 1.54) is 28.6 Å². The third-order valence-electron chi connectivity index (χ3n) is 5.91. The van der Waals surface area contributed by atoms with E-state index in [1.54, 1.807) is 29.2 Å². The van der Waals surface area contributed by atoms with Gasteiger partial charge in [0, 0.05) is 22.2 Å². The second-order valence-electron chi connectivity index (χ2n) is 8.24. The predicted molar refractivity (Wildman–Crippen MR) is 139 cm³/mol. The number of benzene rings is 3. The fourth-order valence-corrected chi connectivity index (χ4v) is 6.11. The van der Waals surface area contributed by atoms with Gasteiger partial charge < -0.3 is 5.11 Å². The van der Waals surface area contributed by atoms with Crippen LogP contribution in [-0.2, 0) is 29.6 Å². The molecule has 0 radical (unpaired) electrons. The lowest BCUT2D eigenvalue weighted by Crippen LogP contribution is -2.35. The molecule has 4 aromatic rings. The Balaban J connectivity index is 1.78. The molecule has 11 heteroatoms. The van der Waals surface area contributed by atoms with Crippen LogP contribution < -0.4 is 4.31 Å². The Morgan fingerprint density at radius 1 is 1.00 bits per heavy atom. The lowest BCUT2D eigenvalue weighted by molar-refractivity contribution is 0.282. The summed E-state index contributed by atoms with van der Waals surface area (Å²) in [6, 6.07) is 18.0. The molecule has 188 valence electrons. The Kier molecular flexibility index (Phi) is 8.25. The molecule has 36 heavy (non-hydrogen) atoms. The summed E-state index contributed by atoms with van der Waals surface area (Å²) in [4.78, 5) is 0.0822. The van der Waals surface area contributed by atoms with Crippen molar-refractivity contribution < 1.29 is 13.5 Å². The number of rotatable bonds is 10. The van der Waals surface area contributed by atoms with Crippen molar-refractivity contribution in [3.05, 3.63) is 99.8 Å². The number of halogens is 2. The molecule has 0 spiro atoms. The number of hydrogen-bond acceptors (Lipinski definition) is 6. The van der Waals surface area contributed by atoms with E-state index in [-0.39, 0.29) is 11.5 Å². The van der Waals surface area contributed by atoms with Gasteiger partial charge in [-0.2, -0.15) is 0 Å². The third-order valence-corrected chi connectivity index (χ3v) is 8.29. The quantitative estimate of drug-likeness (QED) is 0.298. The zero-order valence-corrected chi connectivity index (χ0v) is 21.8. The molecular formula is C25H25Cl2N5O3S. The Bertz CT molecular complexity index is 1410. The van der Waals surface area contributed by atoms with E-state index in [9.17, 15) is 13.5 Å². The smallest absolute Gasteiger partial charge is 0.264 e. The zero-order valence-electron chi connectivity index (χ0n) is 19.5. The second-order valence-corrected chi connectivity index (χ2v) is 10.9. The molecule has 0 saturated heterocycles. The lowest BCUT2D eigenvalue weighted by atomic mass is 9.97. The van der Waals surface area contributed by atoms with Crippen LogP contribution in [0, 0.1) is 0 Å². The van der Waals surface area contributed by atoms with Crippen molar-refractivity contribution in [2.45, 2.75) is 43.9 Å². The highest BCUT2D eigenvalue weighted by Crippen LogP contribution is 2.38. The summed E-state index contributed by atoms with van der Waals surface area (Å²) in [5.41, 5.74) is 2.61. The van der Waals surface area contributed by atoms with Gasteiger partial charge in [-0.25, -0.2) is 13.1 Å². The molecular weight excluding hydrogens is 521 g/mol. The van der Waals surface area contributed by atoms with E-state index in [0.29, 0.717) is 34.3 Å². The highest BCUT2D eigenvalue weighted by molar-refractivity contribution is 7.92. The minimum Gasteiger partial charge on any atom is -0.392 e. The normalized spacial score (nSPS) is 12.4. The number of aromatic nitrogens is 4. The van der Waals surface area contributed by atoms with Gasteiger partial charge >= 0.3 is 0 Å². The molecule has 0 fully saturated rings. The summed E-state index contributed by atoms with van der Waals surface area (Å²) in [5, 5.41) is 22.0. The number of nitrogens with zero attached hydrogens (tertiary/aromatic N) is 5. The van der Waals surface area contributed by atoms with Crippen LogP contribution in [0.1, 0.15) is 36.1 Å². The standard InChI is InChI=1S/C25H25Cl2N5O3S/c1-18(24-7-3-2-5-19(24)6-4-14-31-17-28-29-30-31)32(25-15-22(27)9-8-20(25)16-33)36(34,35)23-12-10-21(26)11-13-23/h2-3,5,7-13,15,17-18,33H,4,6,14,16H2,1H3. The van der Waals surface area contributed by atoms with Gasteiger partial charge in [0.15, 0.2) is 0 Å². The van der Waals surface area contributed by atoms with Gasteiger partial charge in [0.25, 0.3) is 10.0 Å². The number of anilines is 1. The number of aliphatic hydroxyl groups excluding tert-OH is 1. The van der Waals surface area contributed by atoms with Gasteiger partial charge in [0.05, 0.1) is 23.2 Å². The van der Waals surface area contributed by atoms with Crippen LogP contribution in [0.2, 0.25) is 10.0 Å². The van der Waals surface area contributed by atoms with Crippen LogP contribution in [0.5, 0.6) is 0 Å². The van der Waals surface area contributed by atoms with E-state index >= 15 is 0 Å². The molecule has 8 nitrogen and oxygen atoms in total. The van der Waals surface area contributed by atoms with Crippen molar-refractivity contribution in [2.24, 2.45) is 0 Å².